The van der Waals surface area contributed by atoms with Gasteiger partial charge in [-0.05, 0) is 23.9 Å². The minimum atomic E-state index is -0.0252. The van der Waals surface area contributed by atoms with Crippen molar-refractivity contribution in [2.24, 2.45) is 0 Å². The van der Waals surface area contributed by atoms with Crippen LogP contribution in [0.2, 0.25) is 0 Å². The second-order valence-electron chi connectivity index (χ2n) is 3.60. The number of ether oxygens (including phenoxy) is 1. The first kappa shape index (κ1) is 12.6. The highest BCUT2D eigenvalue weighted by molar-refractivity contribution is 7.12. The lowest BCUT2D eigenvalue weighted by Gasteiger charge is -2.05. The van der Waals surface area contributed by atoms with Crippen LogP contribution in [-0.2, 0) is 0 Å². The van der Waals surface area contributed by atoms with E-state index < -0.39 is 0 Å². The highest BCUT2D eigenvalue weighted by atomic mass is 32.1. The summed E-state index contributed by atoms with van der Waals surface area (Å²) in [6, 6.07) is 9.20. The Balaban J connectivity index is 1.61. The highest BCUT2D eigenvalue weighted by Crippen LogP contribution is 2.07. The summed E-state index contributed by atoms with van der Waals surface area (Å²) in [5, 5.41) is 4.73. The van der Waals surface area contributed by atoms with Gasteiger partial charge in [-0.25, -0.2) is 4.98 Å². The van der Waals surface area contributed by atoms with Gasteiger partial charge in [-0.3, -0.25) is 4.79 Å². The van der Waals surface area contributed by atoms with E-state index in [9.17, 15) is 4.79 Å². The fourth-order valence-corrected chi connectivity index (χ4v) is 2.02. The Morgan fingerprint density at radius 3 is 3.00 bits per heavy atom. The summed E-state index contributed by atoms with van der Waals surface area (Å²) in [4.78, 5) is 16.4. The van der Waals surface area contributed by atoms with Crippen molar-refractivity contribution in [1.82, 2.24) is 10.3 Å². The smallest absolute Gasteiger partial charge is 0.261 e. The molecule has 2 aromatic heterocycles. The molecule has 18 heavy (non-hydrogen) atoms. The zero-order chi connectivity index (χ0) is 12.6. The Morgan fingerprint density at radius 2 is 2.28 bits per heavy atom. The monoisotopic (exact) mass is 262 g/mol. The molecule has 0 radical (unpaired) electrons. The third kappa shape index (κ3) is 3.85. The van der Waals surface area contributed by atoms with Gasteiger partial charge in [0.15, 0.2) is 0 Å². The van der Waals surface area contributed by atoms with Gasteiger partial charge in [0, 0.05) is 18.8 Å². The van der Waals surface area contributed by atoms with Crippen molar-refractivity contribution < 1.29 is 9.53 Å². The number of carbonyl (C=O) groups is 1. The largest absolute Gasteiger partial charge is 0.478 e. The fourth-order valence-electron chi connectivity index (χ4n) is 1.38. The number of hydrogen-bond donors (Lipinski definition) is 1. The Bertz CT molecular complexity index is 471. The number of aromatic nitrogens is 1. The summed E-state index contributed by atoms with van der Waals surface area (Å²) in [5.41, 5.74) is 0. The van der Waals surface area contributed by atoms with E-state index in [-0.39, 0.29) is 5.91 Å². The molecule has 0 aliphatic heterocycles. The number of carbonyl (C=O) groups excluding carboxylic acids is 1. The SMILES string of the molecule is O=C(NCCCOc1ccccn1)c1cccs1. The van der Waals surface area contributed by atoms with Gasteiger partial charge in [0.1, 0.15) is 0 Å². The van der Waals surface area contributed by atoms with Crippen LogP contribution in [0.4, 0.5) is 0 Å². The van der Waals surface area contributed by atoms with E-state index in [2.05, 4.69) is 10.3 Å². The standard InChI is InChI=1S/C13H14N2O2S/c16-13(11-5-3-10-18-11)15-8-4-9-17-12-6-1-2-7-14-12/h1-3,5-7,10H,4,8-9H2,(H,15,16). The summed E-state index contributed by atoms with van der Waals surface area (Å²) in [6.07, 6.45) is 2.45. The van der Waals surface area contributed by atoms with Gasteiger partial charge in [0.2, 0.25) is 5.88 Å². The second-order valence-corrected chi connectivity index (χ2v) is 4.55. The van der Waals surface area contributed by atoms with Crippen molar-refractivity contribution in [2.45, 2.75) is 6.42 Å². The van der Waals surface area contributed by atoms with Crippen LogP contribution in [0.3, 0.4) is 0 Å². The molecule has 0 aliphatic rings. The molecule has 1 amide bonds. The fraction of sp³-hybridized carbons (Fsp3) is 0.231. The van der Waals surface area contributed by atoms with Gasteiger partial charge < -0.3 is 10.1 Å². The Kier molecular flexibility index (Phi) is 4.72. The maximum Gasteiger partial charge on any atom is 0.261 e. The number of rotatable bonds is 6. The van der Waals surface area contributed by atoms with E-state index in [4.69, 9.17) is 4.74 Å². The lowest BCUT2D eigenvalue weighted by Crippen LogP contribution is -2.24. The number of pyridine rings is 1. The van der Waals surface area contributed by atoms with E-state index >= 15 is 0 Å². The van der Waals surface area contributed by atoms with Crippen LogP contribution >= 0.6 is 11.3 Å². The molecule has 2 rings (SSSR count). The van der Waals surface area contributed by atoms with Gasteiger partial charge in [0.25, 0.3) is 5.91 Å². The molecule has 1 N–H and O–H groups in total. The molecule has 5 heteroatoms. The first-order valence-corrected chi connectivity index (χ1v) is 6.60. The summed E-state index contributed by atoms with van der Waals surface area (Å²) < 4.78 is 5.42. The van der Waals surface area contributed by atoms with Crippen LogP contribution in [0.25, 0.3) is 0 Å². The third-order valence-corrected chi connectivity index (χ3v) is 3.11. The molecule has 2 aromatic rings. The van der Waals surface area contributed by atoms with Crippen LogP contribution in [0.1, 0.15) is 16.1 Å². The summed E-state index contributed by atoms with van der Waals surface area (Å²) in [6.45, 7) is 1.14. The molecule has 0 saturated heterocycles. The molecule has 0 atom stereocenters. The van der Waals surface area contributed by atoms with Gasteiger partial charge in [-0.1, -0.05) is 12.1 Å². The first-order chi connectivity index (χ1) is 8.86. The predicted octanol–water partition coefficient (Wildman–Crippen LogP) is 2.34. The summed E-state index contributed by atoms with van der Waals surface area (Å²) in [5.74, 6) is 0.588. The summed E-state index contributed by atoms with van der Waals surface area (Å²) >= 11 is 1.44. The Morgan fingerprint density at radius 1 is 1.33 bits per heavy atom. The van der Waals surface area contributed by atoms with Crippen molar-refractivity contribution in [3.05, 3.63) is 46.8 Å². The number of amides is 1. The van der Waals surface area contributed by atoms with Crippen molar-refractivity contribution in [3.63, 3.8) is 0 Å². The van der Waals surface area contributed by atoms with Gasteiger partial charge in [-0.2, -0.15) is 0 Å². The summed E-state index contributed by atoms with van der Waals surface area (Å²) in [7, 11) is 0. The maximum absolute atomic E-state index is 11.6. The molecular weight excluding hydrogens is 248 g/mol. The molecule has 0 spiro atoms. The van der Waals surface area contributed by atoms with E-state index in [0.29, 0.717) is 19.0 Å². The zero-order valence-electron chi connectivity index (χ0n) is 9.83. The predicted molar refractivity (Wildman–Crippen MR) is 71.0 cm³/mol. The lowest BCUT2D eigenvalue weighted by molar-refractivity contribution is 0.0955. The minimum Gasteiger partial charge on any atom is -0.478 e. The minimum absolute atomic E-state index is 0.0252. The maximum atomic E-state index is 11.6. The topological polar surface area (TPSA) is 51.2 Å². The average Bonchev–Trinajstić information content (AvgIpc) is 2.93. The van der Waals surface area contributed by atoms with E-state index in [1.54, 1.807) is 6.20 Å². The molecule has 0 fully saturated rings. The quantitative estimate of drug-likeness (QED) is 0.813. The third-order valence-electron chi connectivity index (χ3n) is 2.24. The Hall–Kier alpha value is -1.88. The normalized spacial score (nSPS) is 10.0. The van der Waals surface area contributed by atoms with Gasteiger partial charge >= 0.3 is 0 Å². The van der Waals surface area contributed by atoms with E-state index in [0.717, 1.165) is 11.3 Å². The van der Waals surface area contributed by atoms with Crippen molar-refractivity contribution in [3.8, 4) is 5.88 Å². The number of hydrogen-bond acceptors (Lipinski definition) is 4. The van der Waals surface area contributed by atoms with E-state index in [1.165, 1.54) is 11.3 Å². The number of nitrogens with zero attached hydrogens (tertiary/aromatic N) is 1. The molecule has 0 unspecified atom stereocenters. The second kappa shape index (κ2) is 6.76. The van der Waals surface area contributed by atoms with Crippen LogP contribution in [0, 0.1) is 0 Å². The van der Waals surface area contributed by atoms with Crippen molar-refractivity contribution in [1.29, 1.82) is 0 Å². The molecule has 0 aliphatic carbocycles. The van der Waals surface area contributed by atoms with Crippen LogP contribution in [-0.4, -0.2) is 24.0 Å². The molecule has 0 saturated carbocycles. The number of thiophene rings is 1. The first-order valence-electron chi connectivity index (χ1n) is 5.72. The van der Waals surface area contributed by atoms with Crippen molar-refractivity contribution >= 4 is 17.2 Å². The molecule has 0 bridgehead atoms. The van der Waals surface area contributed by atoms with Crippen LogP contribution in [0.15, 0.2) is 41.9 Å². The zero-order valence-corrected chi connectivity index (χ0v) is 10.7. The molecule has 4 nitrogen and oxygen atoms in total. The van der Waals surface area contributed by atoms with Gasteiger partial charge in [-0.15, -0.1) is 11.3 Å². The number of nitrogens with one attached hydrogen (secondary N) is 1. The van der Waals surface area contributed by atoms with Gasteiger partial charge in [0.05, 0.1) is 11.5 Å². The molecule has 94 valence electrons. The average molecular weight is 262 g/mol. The Labute approximate surface area is 110 Å². The lowest BCUT2D eigenvalue weighted by atomic mass is 10.4. The van der Waals surface area contributed by atoms with Crippen molar-refractivity contribution in [2.75, 3.05) is 13.2 Å². The molecule has 2 heterocycles. The molecule has 0 aromatic carbocycles. The van der Waals surface area contributed by atoms with Crippen LogP contribution in [0.5, 0.6) is 5.88 Å². The van der Waals surface area contributed by atoms with E-state index in [1.807, 2.05) is 35.7 Å². The van der Waals surface area contributed by atoms with Crippen LogP contribution < -0.4 is 10.1 Å². The molecular formula is C13H14N2O2S. The highest BCUT2D eigenvalue weighted by Gasteiger charge is 2.04.